The van der Waals surface area contributed by atoms with Crippen molar-refractivity contribution in [2.75, 3.05) is 10.5 Å². The quantitative estimate of drug-likeness (QED) is 0.620. The van der Waals surface area contributed by atoms with Crippen LogP contribution in [0.5, 0.6) is 0 Å². The van der Waals surface area contributed by atoms with Crippen LogP contribution in [0.2, 0.25) is 0 Å². The Morgan fingerprint density at radius 3 is 2.85 bits per heavy atom. The van der Waals surface area contributed by atoms with Crippen LogP contribution in [0.1, 0.15) is 29.3 Å². The van der Waals surface area contributed by atoms with Crippen LogP contribution in [0, 0.1) is 5.82 Å². The first kappa shape index (κ1) is 18.1. The highest BCUT2D eigenvalue weighted by atomic mass is 32.2. The van der Waals surface area contributed by atoms with Crippen LogP contribution in [-0.2, 0) is 16.4 Å². The minimum atomic E-state index is -3.51. The second-order valence-corrected chi connectivity index (χ2v) is 7.82. The second-order valence-electron chi connectivity index (χ2n) is 5.97. The first-order valence-corrected chi connectivity index (χ1v) is 9.78. The zero-order valence-corrected chi connectivity index (χ0v) is 14.9. The molecule has 0 atom stereocenters. The van der Waals surface area contributed by atoms with Crippen LogP contribution in [0.4, 0.5) is 10.1 Å². The van der Waals surface area contributed by atoms with Gasteiger partial charge in [-0.25, -0.2) is 17.8 Å². The molecule has 0 saturated carbocycles. The van der Waals surface area contributed by atoms with Gasteiger partial charge in [0, 0.05) is 29.9 Å². The van der Waals surface area contributed by atoms with Crippen LogP contribution in [0.3, 0.4) is 0 Å². The maximum Gasteiger partial charge on any atom is 0.232 e. The molecule has 0 unspecified atom stereocenters. The summed E-state index contributed by atoms with van der Waals surface area (Å²) in [6, 6.07) is 7.26. The number of hydrogen-bond donors (Lipinski definition) is 2. The Balaban J connectivity index is 1.83. The first-order chi connectivity index (χ1) is 12.4. The van der Waals surface area contributed by atoms with Crippen LogP contribution < -0.4 is 4.72 Å². The minimum absolute atomic E-state index is 0.0315. The van der Waals surface area contributed by atoms with E-state index < -0.39 is 21.6 Å². The fraction of sp³-hybridized carbons (Fsp3) is 0.222. The lowest BCUT2D eigenvalue weighted by Gasteiger charge is -2.09. The summed E-state index contributed by atoms with van der Waals surface area (Å²) in [5.41, 5.74) is 1.37. The van der Waals surface area contributed by atoms with Crippen LogP contribution in [0.15, 0.2) is 42.7 Å². The number of anilines is 1. The summed E-state index contributed by atoms with van der Waals surface area (Å²) in [6.07, 6.45) is 3.73. The van der Waals surface area contributed by atoms with Gasteiger partial charge in [-0.05, 0) is 42.3 Å². The maximum atomic E-state index is 14.1. The average Bonchev–Trinajstić information content (AvgIpc) is 3.04. The molecule has 8 heteroatoms. The number of fused-ring (bicyclic) bond motifs is 1. The number of carbonyl (C=O) groups excluding carboxylic acids is 1. The van der Waals surface area contributed by atoms with E-state index in [9.17, 15) is 17.6 Å². The molecule has 2 heterocycles. The van der Waals surface area contributed by atoms with Gasteiger partial charge in [0.2, 0.25) is 10.0 Å². The van der Waals surface area contributed by atoms with Crippen LogP contribution >= 0.6 is 0 Å². The monoisotopic (exact) mass is 375 g/mol. The van der Waals surface area contributed by atoms with Gasteiger partial charge in [0.1, 0.15) is 11.5 Å². The Morgan fingerprint density at radius 2 is 2.08 bits per heavy atom. The molecule has 0 amide bonds. The summed E-state index contributed by atoms with van der Waals surface area (Å²) in [4.78, 5) is 19.7. The fourth-order valence-corrected chi connectivity index (χ4v) is 3.79. The Kier molecular flexibility index (Phi) is 5.03. The summed E-state index contributed by atoms with van der Waals surface area (Å²) in [5.74, 6) is -1.18. The SMILES string of the molecule is CCCS(=O)(=O)Nc1ccc(F)c(C(=O)Cc2cnc3[nH]ccc3c2)c1. The molecule has 2 N–H and O–H groups in total. The Morgan fingerprint density at radius 1 is 1.27 bits per heavy atom. The number of ketones is 1. The first-order valence-electron chi connectivity index (χ1n) is 8.13. The molecule has 2 aromatic heterocycles. The van der Waals surface area contributed by atoms with Crippen molar-refractivity contribution in [3.8, 4) is 0 Å². The predicted molar refractivity (Wildman–Crippen MR) is 98.2 cm³/mol. The summed E-state index contributed by atoms with van der Waals surface area (Å²) in [6.45, 7) is 1.74. The molecule has 6 nitrogen and oxygen atoms in total. The lowest BCUT2D eigenvalue weighted by molar-refractivity contribution is 0.0989. The molecule has 0 aliphatic rings. The number of benzene rings is 1. The molecule has 0 saturated heterocycles. The summed E-state index contributed by atoms with van der Waals surface area (Å²) >= 11 is 0. The number of halogens is 1. The van der Waals surface area contributed by atoms with E-state index in [1.807, 2.05) is 12.1 Å². The van der Waals surface area contributed by atoms with Gasteiger partial charge in [0.15, 0.2) is 5.78 Å². The highest BCUT2D eigenvalue weighted by Crippen LogP contribution is 2.19. The lowest BCUT2D eigenvalue weighted by Crippen LogP contribution is -2.17. The summed E-state index contributed by atoms with van der Waals surface area (Å²) in [5, 5.41) is 0.858. The van der Waals surface area contributed by atoms with Crippen molar-refractivity contribution in [2.24, 2.45) is 0 Å². The number of nitrogens with one attached hydrogen (secondary N) is 2. The van der Waals surface area contributed by atoms with E-state index in [0.717, 1.165) is 11.5 Å². The highest BCUT2D eigenvalue weighted by Gasteiger charge is 2.16. The number of rotatable bonds is 7. The number of H-pyrrole nitrogens is 1. The summed E-state index contributed by atoms with van der Waals surface area (Å²) in [7, 11) is -3.51. The van der Waals surface area contributed by atoms with Gasteiger partial charge in [-0.1, -0.05) is 6.92 Å². The maximum absolute atomic E-state index is 14.1. The van der Waals surface area contributed by atoms with Gasteiger partial charge in [0.05, 0.1) is 11.3 Å². The normalized spacial score (nSPS) is 11.6. The average molecular weight is 375 g/mol. The predicted octanol–water partition coefficient (Wildman–Crippen LogP) is 3.28. The number of nitrogens with zero attached hydrogens (tertiary/aromatic N) is 1. The molecular formula is C18H18FN3O3S. The molecule has 26 heavy (non-hydrogen) atoms. The van der Waals surface area contributed by atoms with E-state index in [2.05, 4.69) is 14.7 Å². The number of Topliss-reactive ketones (excluding diaryl/α,β-unsaturated/α-hetero) is 1. The molecule has 0 spiro atoms. The lowest BCUT2D eigenvalue weighted by atomic mass is 10.0. The molecule has 0 bridgehead atoms. The van der Waals surface area contributed by atoms with Gasteiger partial charge in [-0.15, -0.1) is 0 Å². The highest BCUT2D eigenvalue weighted by molar-refractivity contribution is 7.92. The molecular weight excluding hydrogens is 357 g/mol. The fourth-order valence-electron chi connectivity index (χ4n) is 2.66. The number of aromatic amines is 1. The van der Waals surface area contributed by atoms with Crippen molar-refractivity contribution >= 4 is 32.5 Å². The molecule has 0 aliphatic carbocycles. The Labute approximate surface area is 150 Å². The third-order valence-electron chi connectivity index (χ3n) is 3.83. The van der Waals surface area contributed by atoms with Gasteiger partial charge < -0.3 is 4.98 Å². The molecule has 0 aliphatic heterocycles. The number of aromatic nitrogens is 2. The van der Waals surface area contributed by atoms with Gasteiger partial charge in [-0.3, -0.25) is 9.52 Å². The van der Waals surface area contributed by atoms with Gasteiger partial charge in [0.25, 0.3) is 0 Å². The third kappa shape index (κ3) is 4.08. The number of sulfonamides is 1. The number of carbonyl (C=O) groups is 1. The van der Waals surface area contributed by atoms with Crippen LogP contribution in [-0.4, -0.2) is 29.9 Å². The number of pyridine rings is 1. The minimum Gasteiger partial charge on any atom is -0.346 e. The third-order valence-corrected chi connectivity index (χ3v) is 5.33. The summed E-state index contributed by atoms with van der Waals surface area (Å²) < 4.78 is 40.2. The van der Waals surface area contributed by atoms with Crippen molar-refractivity contribution in [2.45, 2.75) is 19.8 Å². The van der Waals surface area contributed by atoms with Crippen molar-refractivity contribution in [3.05, 3.63) is 59.7 Å². The molecule has 0 radical (unpaired) electrons. The molecule has 3 aromatic rings. The smallest absolute Gasteiger partial charge is 0.232 e. The van der Waals surface area contributed by atoms with Crippen LogP contribution in [0.25, 0.3) is 11.0 Å². The van der Waals surface area contributed by atoms with E-state index in [0.29, 0.717) is 17.6 Å². The Bertz CT molecular complexity index is 1060. The second kappa shape index (κ2) is 7.25. The molecule has 0 fully saturated rings. The van der Waals surface area contributed by atoms with Crippen molar-refractivity contribution < 1.29 is 17.6 Å². The number of hydrogen-bond acceptors (Lipinski definition) is 4. The van der Waals surface area contributed by atoms with Crippen molar-refractivity contribution in [1.29, 1.82) is 0 Å². The van der Waals surface area contributed by atoms with Crippen molar-refractivity contribution in [3.63, 3.8) is 0 Å². The zero-order chi connectivity index (χ0) is 18.7. The van der Waals surface area contributed by atoms with E-state index in [1.165, 1.54) is 12.1 Å². The standard InChI is InChI=1S/C18H18FN3O3S/c1-2-7-26(24,25)22-14-3-4-16(19)15(10-14)17(23)9-12-8-13-5-6-20-18(13)21-11-12/h3-6,8,10-11,22H,2,7,9H2,1H3,(H,20,21). The molecule has 136 valence electrons. The molecule has 3 rings (SSSR count). The zero-order valence-electron chi connectivity index (χ0n) is 14.1. The van der Waals surface area contributed by atoms with E-state index in [1.54, 1.807) is 19.3 Å². The largest absolute Gasteiger partial charge is 0.346 e. The van der Waals surface area contributed by atoms with E-state index >= 15 is 0 Å². The van der Waals surface area contributed by atoms with Gasteiger partial charge in [-0.2, -0.15) is 0 Å². The van der Waals surface area contributed by atoms with Gasteiger partial charge >= 0.3 is 0 Å². The van der Waals surface area contributed by atoms with E-state index in [4.69, 9.17) is 0 Å². The topological polar surface area (TPSA) is 91.9 Å². The Hall–Kier alpha value is -2.74. The van der Waals surface area contributed by atoms with E-state index in [-0.39, 0.29) is 23.4 Å². The van der Waals surface area contributed by atoms with Crippen molar-refractivity contribution in [1.82, 2.24) is 9.97 Å². The molecule has 1 aromatic carbocycles.